The molecule has 1 aliphatic rings. The summed E-state index contributed by atoms with van der Waals surface area (Å²) in [7, 11) is 4.50. The van der Waals surface area contributed by atoms with E-state index in [1.54, 1.807) is 0 Å². The van der Waals surface area contributed by atoms with Crippen LogP contribution >= 0.6 is 0 Å². The molecule has 6 N–H and O–H groups in total. The Hall–Kier alpha value is -1.30. The monoisotopic (exact) mass is 257 g/mol. The number of aryl methyl sites for hydroxylation is 1. The van der Waals surface area contributed by atoms with Crippen molar-refractivity contribution in [1.29, 1.82) is 0 Å². The van der Waals surface area contributed by atoms with Crippen molar-refractivity contribution in [3.63, 3.8) is 0 Å². The maximum Gasteiger partial charge on any atom is 0.231 e. The summed E-state index contributed by atoms with van der Waals surface area (Å²) in [5.41, 5.74) is 14.8. The number of benzene rings is 1. The normalized spacial score (nSPS) is 9.94. The summed E-state index contributed by atoms with van der Waals surface area (Å²) in [6, 6.07) is 6.14. The maximum absolute atomic E-state index is 5.26. The minimum absolute atomic E-state index is 0.366. The molecule has 2 rings (SSSR count). The maximum atomic E-state index is 5.26. The number of hydrogen-bond donors (Lipinski definition) is 3. The molecule has 0 fully saturated rings. The fourth-order valence-corrected chi connectivity index (χ4v) is 1.39. The molecule has 0 atom stereocenters. The van der Waals surface area contributed by atoms with Crippen molar-refractivity contribution in [2.45, 2.75) is 19.8 Å². The predicted molar refractivity (Wildman–Crippen MR) is 76.9 cm³/mol. The minimum Gasteiger partial charge on any atom is -0.454 e. The molecule has 106 valence electrons. The molecule has 0 aliphatic carbocycles. The summed E-state index contributed by atoms with van der Waals surface area (Å²) in [6.45, 7) is 2.54. The number of hydrogen-bond acceptors (Lipinski definition) is 5. The lowest BCUT2D eigenvalue weighted by Crippen LogP contribution is -1.92. The van der Waals surface area contributed by atoms with Gasteiger partial charge in [0.2, 0.25) is 6.79 Å². The molecular weight excluding hydrogens is 230 g/mol. The minimum atomic E-state index is 0.366. The molecule has 1 aliphatic heterocycles. The average molecular weight is 257 g/mol. The topological polar surface area (TPSA) is 96.5 Å². The highest BCUT2D eigenvalue weighted by molar-refractivity contribution is 5.44. The van der Waals surface area contributed by atoms with Gasteiger partial charge in [-0.1, -0.05) is 19.4 Å². The van der Waals surface area contributed by atoms with Gasteiger partial charge in [-0.05, 0) is 45.3 Å². The molecular formula is C13H27N3O2. The van der Waals surface area contributed by atoms with E-state index in [0.29, 0.717) is 6.79 Å². The summed E-state index contributed by atoms with van der Waals surface area (Å²) in [4.78, 5) is 0. The van der Waals surface area contributed by atoms with Crippen molar-refractivity contribution < 1.29 is 9.47 Å². The van der Waals surface area contributed by atoms with Crippen LogP contribution in [-0.2, 0) is 6.42 Å². The average Bonchev–Trinajstić information content (AvgIpc) is 2.93. The number of rotatable bonds is 2. The van der Waals surface area contributed by atoms with Crippen LogP contribution in [0.2, 0.25) is 0 Å². The number of ether oxygens (including phenoxy) is 2. The van der Waals surface area contributed by atoms with Gasteiger partial charge in [0, 0.05) is 0 Å². The highest BCUT2D eigenvalue weighted by atomic mass is 16.7. The summed E-state index contributed by atoms with van der Waals surface area (Å²) < 4.78 is 10.5. The van der Waals surface area contributed by atoms with Crippen LogP contribution in [0.1, 0.15) is 18.9 Å². The summed E-state index contributed by atoms with van der Waals surface area (Å²) in [5.74, 6) is 1.76. The molecule has 1 aromatic carbocycles. The quantitative estimate of drug-likeness (QED) is 0.737. The molecule has 0 unspecified atom stereocenters. The van der Waals surface area contributed by atoms with Crippen molar-refractivity contribution in [1.82, 2.24) is 0 Å². The Morgan fingerprint density at radius 2 is 1.50 bits per heavy atom. The van der Waals surface area contributed by atoms with Crippen LogP contribution < -0.4 is 26.7 Å². The van der Waals surface area contributed by atoms with E-state index in [2.05, 4.69) is 36.3 Å². The van der Waals surface area contributed by atoms with Crippen LogP contribution in [0.5, 0.6) is 11.5 Å². The molecule has 0 aromatic heterocycles. The molecule has 0 amide bonds. The summed E-state index contributed by atoms with van der Waals surface area (Å²) in [5, 5.41) is 0. The Kier molecular flexibility index (Phi) is 14.6. The van der Waals surface area contributed by atoms with E-state index in [4.69, 9.17) is 9.47 Å². The third-order valence-electron chi connectivity index (χ3n) is 1.98. The first-order valence-corrected chi connectivity index (χ1v) is 6.02. The largest absolute Gasteiger partial charge is 0.454 e. The summed E-state index contributed by atoms with van der Waals surface area (Å²) in [6.07, 6.45) is 2.27. The van der Waals surface area contributed by atoms with Gasteiger partial charge in [-0.2, -0.15) is 0 Å². The van der Waals surface area contributed by atoms with E-state index in [1.165, 1.54) is 33.1 Å². The van der Waals surface area contributed by atoms with E-state index in [1.807, 2.05) is 6.07 Å². The van der Waals surface area contributed by atoms with E-state index in [0.717, 1.165) is 17.9 Å². The Balaban J connectivity index is 0. The van der Waals surface area contributed by atoms with Crippen LogP contribution in [-0.4, -0.2) is 27.9 Å². The first-order valence-electron chi connectivity index (χ1n) is 6.02. The molecule has 1 aromatic rings. The zero-order valence-electron chi connectivity index (χ0n) is 11.9. The Bertz CT molecular complexity index is 294. The van der Waals surface area contributed by atoms with E-state index in [-0.39, 0.29) is 0 Å². The lowest BCUT2D eigenvalue weighted by molar-refractivity contribution is 0.174. The van der Waals surface area contributed by atoms with E-state index < -0.39 is 0 Å². The molecule has 18 heavy (non-hydrogen) atoms. The second-order valence-electron chi connectivity index (χ2n) is 2.94. The van der Waals surface area contributed by atoms with Gasteiger partial charge in [-0.25, -0.2) is 0 Å². The Labute approximate surface area is 110 Å². The molecule has 0 bridgehead atoms. The highest BCUT2D eigenvalue weighted by Gasteiger charge is 2.12. The smallest absolute Gasteiger partial charge is 0.231 e. The molecule has 0 radical (unpaired) electrons. The molecule has 0 saturated heterocycles. The molecule has 0 spiro atoms. The van der Waals surface area contributed by atoms with Crippen LogP contribution in [0.15, 0.2) is 18.2 Å². The number of fused-ring (bicyclic) bond motifs is 1. The van der Waals surface area contributed by atoms with Gasteiger partial charge in [0.15, 0.2) is 11.5 Å². The van der Waals surface area contributed by atoms with Crippen molar-refractivity contribution in [3.8, 4) is 11.5 Å². The zero-order valence-corrected chi connectivity index (χ0v) is 11.9. The van der Waals surface area contributed by atoms with Crippen molar-refractivity contribution >= 4 is 0 Å². The molecule has 0 saturated carbocycles. The third kappa shape index (κ3) is 6.44. The van der Waals surface area contributed by atoms with Gasteiger partial charge in [0.25, 0.3) is 0 Å². The van der Waals surface area contributed by atoms with Gasteiger partial charge in [0.1, 0.15) is 0 Å². The van der Waals surface area contributed by atoms with Crippen molar-refractivity contribution in [2.75, 3.05) is 27.9 Å². The van der Waals surface area contributed by atoms with Gasteiger partial charge < -0.3 is 26.7 Å². The van der Waals surface area contributed by atoms with E-state index in [9.17, 15) is 0 Å². The van der Waals surface area contributed by atoms with E-state index >= 15 is 0 Å². The van der Waals surface area contributed by atoms with Crippen LogP contribution in [0.25, 0.3) is 0 Å². The fraction of sp³-hybridized carbons (Fsp3) is 0.538. The third-order valence-corrected chi connectivity index (χ3v) is 1.98. The fourth-order valence-electron chi connectivity index (χ4n) is 1.39. The number of nitrogens with two attached hydrogens (primary N) is 3. The summed E-state index contributed by atoms with van der Waals surface area (Å²) >= 11 is 0. The SMILES string of the molecule is CCCc1ccc2c(c1)OCO2.CN.CN.CN. The predicted octanol–water partition coefficient (Wildman–Crippen LogP) is 1.09. The second-order valence-corrected chi connectivity index (χ2v) is 2.94. The zero-order chi connectivity index (χ0) is 14.4. The second kappa shape index (κ2) is 13.8. The standard InChI is InChI=1S/C10H12O2.3CH5N/c1-2-3-8-4-5-9-10(6-8)12-7-11-9;3*1-2/h4-6H,2-3,7H2,1H3;3*2H2,1H3. The van der Waals surface area contributed by atoms with Crippen molar-refractivity contribution in [3.05, 3.63) is 23.8 Å². The van der Waals surface area contributed by atoms with Gasteiger partial charge in [0.05, 0.1) is 0 Å². The molecule has 5 heteroatoms. The van der Waals surface area contributed by atoms with Crippen LogP contribution in [0.3, 0.4) is 0 Å². The first-order chi connectivity index (χ1) is 8.90. The van der Waals surface area contributed by atoms with Gasteiger partial charge >= 0.3 is 0 Å². The Morgan fingerprint density at radius 1 is 0.944 bits per heavy atom. The Morgan fingerprint density at radius 3 is 2.06 bits per heavy atom. The van der Waals surface area contributed by atoms with Crippen LogP contribution in [0, 0.1) is 0 Å². The van der Waals surface area contributed by atoms with Gasteiger partial charge in [-0.15, -0.1) is 0 Å². The lowest BCUT2D eigenvalue weighted by Gasteiger charge is -1.99. The lowest BCUT2D eigenvalue weighted by atomic mass is 10.1. The van der Waals surface area contributed by atoms with Crippen LogP contribution in [0.4, 0.5) is 0 Å². The first kappa shape index (κ1) is 19.0. The molecule has 5 nitrogen and oxygen atoms in total. The van der Waals surface area contributed by atoms with Crippen molar-refractivity contribution in [2.24, 2.45) is 17.2 Å². The van der Waals surface area contributed by atoms with Gasteiger partial charge in [-0.3, -0.25) is 0 Å². The highest BCUT2D eigenvalue weighted by Crippen LogP contribution is 2.32. The molecule has 1 heterocycles.